The molecule has 0 amide bonds. The van der Waals surface area contributed by atoms with Crippen molar-refractivity contribution in [3.05, 3.63) is 36.5 Å². The molecule has 0 bridgehead atoms. The Morgan fingerprint density at radius 2 is 1.77 bits per heavy atom. The van der Waals surface area contributed by atoms with Crippen molar-refractivity contribution < 1.29 is 4.39 Å². The maximum absolute atomic E-state index is 14.1. The van der Waals surface area contributed by atoms with Crippen LogP contribution in [-0.2, 0) is 0 Å². The minimum atomic E-state index is -0.431. The first-order valence-electron chi connectivity index (χ1n) is 10.8. The molecule has 1 aliphatic carbocycles. The first-order chi connectivity index (χ1) is 14.6. The van der Waals surface area contributed by atoms with Crippen molar-refractivity contribution in [3.8, 4) is 11.3 Å². The average Bonchev–Trinajstić information content (AvgIpc) is 3.16. The van der Waals surface area contributed by atoms with E-state index >= 15 is 0 Å². The number of piperazine rings is 1. The molecule has 2 aromatic heterocycles. The number of nitrogens with zero attached hydrogens (tertiary/aromatic N) is 6. The van der Waals surface area contributed by atoms with Crippen LogP contribution >= 0.6 is 0 Å². The highest BCUT2D eigenvalue weighted by molar-refractivity contribution is 5.90. The molecule has 1 aliphatic heterocycles. The lowest BCUT2D eigenvalue weighted by atomic mass is 9.90. The summed E-state index contributed by atoms with van der Waals surface area (Å²) >= 11 is 0. The fourth-order valence-corrected chi connectivity index (χ4v) is 4.88. The molecule has 2 aliphatic rings. The predicted molar refractivity (Wildman–Crippen MR) is 115 cm³/mol. The Balaban J connectivity index is 1.39. The summed E-state index contributed by atoms with van der Waals surface area (Å²) in [6, 6.07) is 5.80. The number of hydrogen-bond acceptors (Lipinski definition) is 6. The molecule has 0 radical (unpaired) electrons. The van der Waals surface area contributed by atoms with Crippen LogP contribution in [0, 0.1) is 5.82 Å². The number of aromatic nitrogens is 4. The molecule has 0 spiro atoms. The first-order valence-corrected chi connectivity index (χ1v) is 10.8. The van der Waals surface area contributed by atoms with Gasteiger partial charge in [0.15, 0.2) is 5.65 Å². The lowest BCUT2D eigenvalue weighted by Gasteiger charge is -2.41. The molecule has 5 rings (SSSR count). The standard InChI is InChI=1S/C22H28FN7/c1-28-8-10-29(11-9-28)16-3-5-17(6-4-16)30-22-18(13-25-14-26-22)21(27-30)15-2-7-20(24)19(23)12-15/h2,7,12-14,16-17H,3-6,8-11,24H2,1H3. The van der Waals surface area contributed by atoms with Gasteiger partial charge in [-0.3, -0.25) is 4.90 Å². The maximum Gasteiger partial charge on any atom is 0.162 e. The van der Waals surface area contributed by atoms with Gasteiger partial charge in [-0.05, 0) is 44.9 Å². The zero-order chi connectivity index (χ0) is 20.7. The molecule has 7 nitrogen and oxygen atoms in total. The molecular weight excluding hydrogens is 381 g/mol. The average molecular weight is 410 g/mol. The van der Waals surface area contributed by atoms with Crippen molar-refractivity contribution in [1.82, 2.24) is 29.5 Å². The number of benzene rings is 1. The highest BCUT2D eigenvalue weighted by Gasteiger charge is 2.30. The number of likely N-dealkylation sites (N-methyl/N-ethyl adjacent to an activating group) is 1. The fraction of sp³-hybridized carbons (Fsp3) is 0.500. The molecule has 0 atom stereocenters. The largest absolute Gasteiger partial charge is 0.396 e. The summed E-state index contributed by atoms with van der Waals surface area (Å²) in [5.74, 6) is -0.431. The van der Waals surface area contributed by atoms with E-state index in [0.717, 1.165) is 50.1 Å². The van der Waals surface area contributed by atoms with E-state index in [1.54, 1.807) is 18.6 Å². The zero-order valence-electron chi connectivity index (χ0n) is 17.3. The van der Waals surface area contributed by atoms with Crippen molar-refractivity contribution in [3.63, 3.8) is 0 Å². The van der Waals surface area contributed by atoms with Gasteiger partial charge in [-0.1, -0.05) is 6.07 Å². The van der Waals surface area contributed by atoms with Gasteiger partial charge in [-0.15, -0.1) is 0 Å². The minimum Gasteiger partial charge on any atom is -0.396 e. The summed E-state index contributed by atoms with van der Waals surface area (Å²) in [6.45, 7) is 4.64. The Hall–Kier alpha value is -2.58. The number of rotatable bonds is 3. The monoisotopic (exact) mass is 409 g/mol. The molecule has 3 aromatic rings. The molecule has 1 saturated carbocycles. The molecule has 1 aromatic carbocycles. The molecule has 3 heterocycles. The van der Waals surface area contributed by atoms with Gasteiger partial charge in [0.25, 0.3) is 0 Å². The summed E-state index contributed by atoms with van der Waals surface area (Å²) in [5, 5.41) is 5.74. The predicted octanol–water partition coefficient (Wildman–Crippen LogP) is 2.95. The Bertz CT molecular complexity index is 1030. The summed E-state index contributed by atoms with van der Waals surface area (Å²) in [4.78, 5) is 13.8. The number of hydrogen-bond donors (Lipinski definition) is 1. The normalized spacial score (nSPS) is 23.8. The number of nitrogens with two attached hydrogens (primary N) is 1. The quantitative estimate of drug-likeness (QED) is 0.671. The van der Waals surface area contributed by atoms with E-state index in [0.29, 0.717) is 23.3 Å². The van der Waals surface area contributed by atoms with Crippen molar-refractivity contribution in [2.75, 3.05) is 39.0 Å². The Morgan fingerprint density at radius 3 is 2.50 bits per heavy atom. The fourth-order valence-electron chi connectivity index (χ4n) is 4.88. The second-order valence-electron chi connectivity index (χ2n) is 8.59. The van der Waals surface area contributed by atoms with E-state index in [4.69, 9.17) is 10.8 Å². The Morgan fingerprint density at radius 1 is 1.03 bits per heavy atom. The van der Waals surface area contributed by atoms with E-state index < -0.39 is 5.82 Å². The third-order valence-corrected chi connectivity index (χ3v) is 6.71. The first kappa shape index (κ1) is 19.4. The Labute approximate surface area is 175 Å². The number of nitrogen functional groups attached to an aromatic ring is 1. The van der Waals surface area contributed by atoms with E-state index in [-0.39, 0.29) is 5.69 Å². The molecule has 0 unspecified atom stereocenters. The van der Waals surface area contributed by atoms with Gasteiger partial charge in [-0.25, -0.2) is 19.0 Å². The third-order valence-electron chi connectivity index (χ3n) is 6.71. The van der Waals surface area contributed by atoms with Gasteiger partial charge in [0.05, 0.1) is 17.1 Å². The Kier molecular flexibility index (Phi) is 5.12. The summed E-state index contributed by atoms with van der Waals surface area (Å²) in [5.41, 5.74) is 8.03. The van der Waals surface area contributed by atoms with Gasteiger partial charge in [0.2, 0.25) is 0 Å². The summed E-state index contributed by atoms with van der Waals surface area (Å²) < 4.78 is 16.1. The minimum absolute atomic E-state index is 0.140. The van der Waals surface area contributed by atoms with E-state index in [9.17, 15) is 4.39 Å². The van der Waals surface area contributed by atoms with Crippen LogP contribution in [0.1, 0.15) is 31.7 Å². The van der Waals surface area contributed by atoms with Crippen molar-refractivity contribution in [1.29, 1.82) is 0 Å². The molecule has 1 saturated heterocycles. The van der Waals surface area contributed by atoms with E-state index in [2.05, 4.69) is 26.8 Å². The molecule has 158 valence electrons. The van der Waals surface area contributed by atoms with Gasteiger partial charge < -0.3 is 10.6 Å². The zero-order valence-corrected chi connectivity index (χ0v) is 17.3. The van der Waals surface area contributed by atoms with Crippen LogP contribution in [0.2, 0.25) is 0 Å². The maximum atomic E-state index is 14.1. The second-order valence-corrected chi connectivity index (χ2v) is 8.59. The third kappa shape index (κ3) is 3.54. The molecule has 2 N–H and O–H groups in total. The van der Waals surface area contributed by atoms with Crippen LogP contribution in [0.25, 0.3) is 22.3 Å². The second kappa shape index (κ2) is 7.92. The summed E-state index contributed by atoms with van der Waals surface area (Å²) in [6.07, 6.45) is 7.83. The number of anilines is 1. The van der Waals surface area contributed by atoms with Crippen LogP contribution in [0.3, 0.4) is 0 Å². The lowest BCUT2D eigenvalue weighted by molar-refractivity contribution is 0.0815. The molecule has 2 fully saturated rings. The summed E-state index contributed by atoms with van der Waals surface area (Å²) in [7, 11) is 2.20. The van der Waals surface area contributed by atoms with Gasteiger partial charge in [-0.2, -0.15) is 5.10 Å². The van der Waals surface area contributed by atoms with E-state index in [1.807, 2.05) is 10.7 Å². The molecular formula is C22H28FN7. The highest BCUT2D eigenvalue weighted by Crippen LogP contribution is 2.35. The molecule has 30 heavy (non-hydrogen) atoms. The van der Waals surface area contributed by atoms with Crippen molar-refractivity contribution in [2.24, 2.45) is 0 Å². The van der Waals surface area contributed by atoms with Crippen LogP contribution in [0.15, 0.2) is 30.7 Å². The van der Waals surface area contributed by atoms with Crippen LogP contribution in [0.4, 0.5) is 10.1 Å². The topological polar surface area (TPSA) is 76.1 Å². The van der Waals surface area contributed by atoms with Gasteiger partial charge in [0, 0.05) is 44.0 Å². The van der Waals surface area contributed by atoms with Crippen LogP contribution < -0.4 is 5.73 Å². The van der Waals surface area contributed by atoms with Crippen LogP contribution in [0.5, 0.6) is 0 Å². The van der Waals surface area contributed by atoms with E-state index in [1.165, 1.54) is 18.9 Å². The lowest BCUT2D eigenvalue weighted by Crippen LogP contribution is -2.49. The van der Waals surface area contributed by atoms with Crippen molar-refractivity contribution in [2.45, 2.75) is 37.8 Å². The van der Waals surface area contributed by atoms with Gasteiger partial charge >= 0.3 is 0 Å². The van der Waals surface area contributed by atoms with Crippen LogP contribution in [-0.4, -0.2) is 68.8 Å². The SMILES string of the molecule is CN1CCN(C2CCC(n3nc(-c4ccc(N)c(F)c4)c4cncnc43)CC2)CC1. The smallest absolute Gasteiger partial charge is 0.162 e. The van der Waals surface area contributed by atoms with Crippen molar-refractivity contribution >= 4 is 16.7 Å². The highest BCUT2D eigenvalue weighted by atomic mass is 19.1. The molecule has 8 heteroatoms. The number of fused-ring (bicyclic) bond motifs is 1. The number of halogens is 1. The van der Waals surface area contributed by atoms with Gasteiger partial charge in [0.1, 0.15) is 17.8 Å².